The van der Waals surface area contributed by atoms with E-state index in [9.17, 15) is 10.2 Å². The van der Waals surface area contributed by atoms with E-state index in [4.69, 9.17) is 5.73 Å². The van der Waals surface area contributed by atoms with E-state index < -0.39 is 12.1 Å². The van der Waals surface area contributed by atoms with Gasteiger partial charge in [-0.1, -0.05) is 20.8 Å². The van der Waals surface area contributed by atoms with Crippen molar-refractivity contribution in [2.45, 2.75) is 46.8 Å². The van der Waals surface area contributed by atoms with Crippen LogP contribution in [0.5, 0.6) is 5.75 Å². The predicted octanol–water partition coefficient (Wildman–Crippen LogP) is 2.84. The minimum absolute atomic E-state index is 0. The highest BCUT2D eigenvalue weighted by atomic mass is 35.5. The van der Waals surface area contributed by atoms with Crippen LogP contribution in [0.4, 0.5) is 0 Å². The maximum absolute atomic E-state index is 10.2. The summed E-state index contributed by atoms with van der Waals surface area (Å²) in [4.78, 5) is 0. The molecule has 1 aromatic carbocycles. The van der Waals surface area contributed by atoms with Crippen LogP contribution in [0.25, 0.3) is 0 Å². The number of phenols is 1. The molecule has 4 heteroatoms. The summed E-state index contributed by atoms with van der Waals surface area (Å²) in [6, 6.07) is 2.92. The zero-order chi connectivity index (χ0) is 13.4. The molecule has 18 heavy (non-hydrogen) atoms. The second-order valence-electron chi connectivity index (χ2n) is 5.83. The quantitative estimate of drug-likeness (QED) is 0.776. The molecule has 1 rings (SSSR count). The van der Waals surface area contributed by atoms with Gasteiger partial charge in [-0.05, 0) is 48.1 Å². The molecule has 0 saturated heterocycles. The third-order valence-electron chi connectivity index (χ3n) is 3.14. The molecule has 0 unspecified atom stereocenters. The third kappa shape index (κ3) is 3.61. The molecule has 0 aliphatic carbocycles. The normalized spacial score (nSPS) is 14.8. The van der Waals surface area contributed by atoms with E-state index in [1.54, 1.807) is 12.1 Å². The molecule has 0 amide bonds. The van der Waals surface area contributed by atoms with Gasteiger partial charge in [-0.15, -0.1) is 12.4 Å². The Labute approximate surface area is 115 Å². The fourth-order valence-corrected chi connectivity index (χ4v) is 2.17. The van der Waals surface area contributed by atoms with Gasteiger partial charge in [-0.2, -0.15) is 0 Å². The molecule has 0 radical (unpaired) electrons. The van der Waals surface area contributed by atoms with Gasteiger partial charge in [0.25, 0.3) is 0 Å². The Kier molecular flexibility index (Phi) is 5.66. The number of rotatable bonds is 2. The Balaban J connectivity index is 0.00000289. The summed E-state index contributed by atoms with van der Waals surface area (Å²) < 4.78 is 0. The second-order valence-corrected chi connectivity index (χ2v) is 5.83. The van der Waals surface area contributed by atoms with Crippen LogP contribution in [0.3, 0.4) is 0 Å². The number of aryl methyl sites for hydroxylation is 2. The molecular formula is C14H24ClNO2. The van der Waals surface area contributed by atoms with Crippen molar-refractivity contribution in [3.63, 3.8) is 0 Å². The SMILES string of the molecule is Cc1cc(O)cc(C)c1[C@H](N)[C@H](O)C(C)(C)C.Cl. The van der Waals surface area contributed by atoms with Crippen molar-refractivity contribution in [3.05, 3.63) is 28.8 Å². The summed E-state index contributed by atoms with van der Waals surface area (Å²) in [6.45, 7) is 9.68. The number of aromatic hydroxyl groups is 1. The standard InChI is InChI=1S/C14H23NO2.ClH/c1-8-6-10(16)7-9(2)11(8)12(15)13(17)14(3,4)5;/h6-7,12-13,16-17H,15H2,1-5H3;1H/t12-,13-;/m0./s1. The number of hydrogen-bond acceptors (Lipinski definition) is 3. The highest BCUT2D eigenvalue weighted by Crippen LogP contribution is 2.33. The topological polar surface area (TPSA) is 66.5 Å². The van der Waals surface area contributed by atoms with E-state index in [0.717, 1.165) is 16.7 Å². The zero-order valence-corrected chi connectivity index (χ0v) is 12.5. The average Bonchev–Trinajstić information content (AvgIpc) is 2.13. The van der Waals surface area contributed by atoms with Crippen LogP contribution < -0.4 is 5.73 Å². The van der Waals surface area contributed by atoms with Crippen LogP contribution >= 0.6 is 12.4 Å². The van der Waals surface area contributed by atoms with E-state index in [0.29, 0.717) is 0 Å². The molecule has 3 nitrogen and oxygen atoms in total. The molecule has 0 spiro atoms. The van der Waals surface area contributed by atoms with Crippen molar-refractivity contribution in [3.8, 4) is 5.75 Å². The Morgan fingerprint density at radius 1 is 1.11 bits per heavy atom. The molecule has 104 valence electrons. The van der Waals surface area contributed by atoms with Gasteiger partial charge in [0, 0.05) is 0 Å². The molecular weight excluding hydrogens is 250 g/mol. The van der Waals surface area contributed by atoms with Crippen LogP contribution in [0.1, 0.15) is 43.5 Å². The van der Waals surface area contributed by atoms with Crippen LogP contribution in [0.15, 0.2) is 12.1 Å². The fourth-order valence-electron chi connectivity index (χ4n) is 2.17. The number of halogens is 1. The first-order chi connectivity index (χ1) is 7.64. The highest BCUT2D eigenvalue weighted by Gasteiger charge is 2.30. The maximum Gasteiger partial charge on any atom is 0.116 e. The van der Waals surface area contributed by atoms with Gasteiger partial charge in [0.2, 0.25) is 0 Å². The van der Waals surface area contributed by atoms with Crippen molar-refractivity contribution in [2.75, 3.05) is 0 Å². The van der Waals surface area contributed by atoms with E-state index >= 15 is 0 Å². The Morgan fingerprint density at radius 3 is 1.83 bits per heavy atom. The number of phenolic OH excluding ortho intramolecular Hbond substituents is 1. The number of nitrogens with two attached hydrogens (primary N) is 1. The maximum atomic E-state index is 10.2. The summed E-state index contributed by atoms with van der Waals surface area (Å²) in [7, 11) is 0. The van der Waals surface area contributed by atoms with Crippen molar-refractivity contribution < 1.29 is 10.2 Å². The van der Waals surface area contributed by atoms with Crippen LogP contribution in [0.2, 0.25) is 0 Å². The number of benzene rings is 1. The van der Waals surface area contributed by atoms with E-state index in [1.165, 1.54) is 0 Å². The summed E-state index contributed by atoms with van der Waals surface area (Å²) >= 11 is 0. The number of aliphatic hydroxyl groups excluding tert-OH is 1. The van der Waals surface area contributed by atoms with Crippen molar-refractivity contribution in [1.82, 2.24) is 0 Å². The van der Waals surface area contributed by atoms with Crippen LogP contribution in [0, 0.1) is 19.3 Å². The van der Waals surface area contributed by atoms with Gasteiger partial charge >= 0.3 is 0 Å². The first kappa shape index (κ1) is 17.2. The Morgan fingerprint density at radius 2 is 1.50 bits per heavy atom. The van der Waals surface area contributed by atoms with Crippen LogP contribution in [-0.2, 0) is 0 Å². The Bertz CT molecular complexity index is 390. The molecule has 0 aliphatic heterocycles. The van der Waals surface area contributed by atoms with Crippen molar-refractivity contribution >= 4 is 12.4 Å². The van der Waals surface area contributed by atoms with Gasteiger partial charge in [-0.3, -0.25) is 0 Å². The fraction of sp³-hybridized carbons (Fsp3) is 0.571. The van der Waals surface area contributed by atoms with Gasteiger partial charge in [0.1, 0.15) is 5.75 Å². The molecule has 0 fully saturated rings. The van der Waals surface area contributed by atoms with E-state index in [2.05, 4.69) is 0 Å². The molecule has 0 heterocycles. The molecule has 4 N–H and O–H groups in total. The van der Waals surface area contributed by atoms with Crippen LogP contribution in [-0.4, -0.2) is 16.3 Å². The zero-order valence-electron chi connectivity index (χ0n) is 11.7. The Hall–Kier alpha value is -0.770. The van der Waals surface area contributed by atoms with Gasteiger partial charge in [-0.25, -0.2) is 0 Å². The first-order valence-corrected chi connectivity index (χ1v) is 5.88. The van der Waals surface area contributed by atoms with Gasteiger partial charge in [0.05, 0.1) is 12.1 Å². The third-order valence-corrected chi connectivity index (χ3v) is 3.14. The second kappa shape index (κ2) is 5.91. The lowest BCUT2D eigenvalue weighted by molar-refractivity contribution is 0.0397. The summed E-state index contributed by atoms with van der Waals surface area (Å²) in [5.41, 5.74) is 8.63. The summed E-state index contributed by atoms with van der Waals surface area (Å²) in [5.74, 6) is 0.237. The van der Waals surface area contributed by atoms with Gasteiger partial charge in [0.15, 0.2) is 0 Å². The minimum atomic E-state index is -0.621. The molecule has 1 aromatic rings. The average molecular weight is 274 g/mol. The molecule has 0 aromatic heterocycles. The molecule has 2 atom stereocenters. The number of aliphatic hydroxyl groups is 1. The van der Waals surface area contributed by atoms with E-state index in [1.807, 2.05) is 34.6 Å². The van der Waals surface area contributed by atoms with Gasteiger partial charge < -0.3 is 15.9 Å². The lowest BCUT2D eigenvalue weighted by Crippen LogP contribution is -2.37. The molecule has 0 bridgehead atoms. The largest absolute Gasteiger partial charge is 0.508 e. The highest BCUT2D eigenvalue weighted by molar-refractivity contribution is 5.85. The van der Waals surface area contributed by atoms with Crippen molar-refractivity contribution in [1.29, 1.82) is 0 Å². The molecule has 0 aliphatic rings. The summed E-state index contributed by atoms with van der Waals surface area (Å²) in [6.07, 6.45) is -0.621. The number of hydrogen-bond donors (Lipinski definition) is 3. The smallest absolute Gasteiger partial charge is 0.116 e. The minimum Gasteiger partial charge on any atom is -0.508 e. The lowest BCUT2D eigenvalue weighted by atomic mass is 9.80. The predicted molar refractivity (Wildman–Crippen MR) is 77.2 cm³/mol. The van der Waals surface area contributed by atoms with Crippen molar-refractivity contribution in [2.24, 2.45) is 11.1 Å². The monoisotopic (exact) mass is 273 g/mol. The lowest BCUT2D eigenvalue weighted by Gasteiger charge is -2.32. The molecule has 0 saturated carbocycles. The first-order valence-electron chi connectivity index (χ1n) is 5.88. The van der Waals surface area contributed by atoms with E-state index in [-0.39, 0.29) is 23.6 Å². The summed E-state index contributed by atoms with van der Waals surface area (Å²) in [5, 5.41) is 19.7.